The molecule has 2 amide bonds. The molecule has 0 aliphatic carbocycles. The van der Waals surface area contributed by atoms with Crippen molar-refractivity contribution in [2.75, 3.05) is 4.90 Å². The largest absolute Gasteiger partial charge is 0.455 e. The molecule has 1 N–H and O–H groups in total. The van der Waals surface area contributed by atoms with Crippen molar-refractivity contribution in [3.8, 4) is 0 Å². The van der Waals surface area contributed by atoms with Crippen LogP contribution >= 0.6 is 27.5 Å². The zero-order chi connectivity index (χ0) is 33.0. The number of benzene rings is 3. The predicted molar refractivity (Wildman–Crippen MR) is 175 cm³/mol. The third kappa shape index (κ3) is 7.69. The molecule has 0 aliphatic heterocycles. The van der Waals surface area contributed by atoms with E-state index in [9.17, 15) is 19.2 Å². The van der Waals surface area contributed by atoms with Crippen LogP contribution in [0.15, 0.2) is 98.7 Å². The van der Waals surface area contributed by atoms with Gasteiger partial charge in [0.05, 0.1) is 6.20 Å². The van der Waals surface area contributed by atoms with E-state index in [1.807, 2.05) is 20.8 Å². The van der Waals surface area contributed by atoms with Crippen molar-refractivity contribution in [1.29, 1.82) is 0 Å². The fourth-order valence-corrected chi connectivity index (χ4v) is 5.19. The standard InChI is InChI=1S/C33H29BrClN5O6/c1-33(2,3)36-30(42)29(24-9-5-6-10-26(24)35)40(23-14-12-21(34)13-15-23)28(41)18-39-17-22(37-38-39)19-45-31(43)25-16-20-8-4-7-11-27(20)46-32(25)44/h4-17,29H,18-19H2,1-3H3,(H,36,42). The zero-order valence-corrected chi connectivity index (χ0v) is 27.4. The van der Waals surface area contributed by atoms with Crippen LogP contribution in [0.4, 0.5) is 5.69 Å². The second-order valence-electron chi connectivity index (χ2n) is 11.4. The molecule has 46 heavy (non-hydrogen) atoms. The molecule has 0 fully saturated rings. The summed E-state index contributed by atoms with van der Waals surface area (Å²) in [6.45, 7) is 4.91. The minimum Gasteiger partial charge on any atom is -0.455 e. The first kappa shape index (κ1) is 32.6. The first-order valence-corrected chi connectivity index (χ1v) is 15.3. The molecular formula is C33H29BrClN5O6. The highest BCUT2D eigenvalue weighted by atomic mass is 79.9. The number of fused-ring (bicyclic) bond motifs is 1. The molecule has 236 valence electrons. The van der Waals surface area contributed by atoms with Gasteiger partial charge < -0.3 is 14.5 Å². The highest BCUT2D eigenvalue weighted by molar-refractivity contribution is 9.10. The van der Waals surface area contributed by atoms with Crippen LogP contribution in [-0.4, -0.2) is 38.3 Å². The van der Waals surface area contributed by atoms with Gasteiger partial charge in [0, 0.05) is 31.7 Å². The van der Waals surface area contributed by atoms with Gasteiger partial charge in [-0.25, -0.2) is 14.3 Å². The summed E-state index contributed by atoms with van der Waals surface area (Å²) < 4.78 is 12.6. The van der Waals surface area contributed by atoms with Crippen LogP contribution in [0, 0.1) is 0 Å². The number of nitrogens with zero attached hydrogens (tertiary/aromatic N) is 4. The van der Waals surface area contributed by atoms with E-state index >= 15 is 0 Å². The Balaban J connectivity index is 1.39. The summed E-state index contributed by atoms with van der Waals surface area (Å²) in [5.41, 5.74) is -0.217. The number of esters is 1. The maximum atomic E-state index is 14.1. The van der Waals surface area contributed by atoms with Gasteiger partial charge in [-0.05, 0) is 63.2 Å². The minimum atomic E-state index is -1.13. The number of nitrogens with one attached hydrogen (secondary N) is 1. The van der Waals surface area contributed by atoms with E-state index in [4.69, 9.17) is 20.8 Å². The molecule has 2 heterocycles. The Bertz CT molecular complexity index is 1970. The van der Waals surface area contributed by atoms with Crippen molar-refractivity contribution < 1.29 is 23.5 Å². The number of hydrogen-bond donors (Lipinski definition) is 1. The molecule has 2 aromatic heterocycles. The molecule has 3 aromatic carbocycles. The number of carbonyl (C=O) groups is 3. The molecule has 1 unspecified atom stereocenters. The zero-order valence-electron chi connectivity index (χ0n) is 25.1. The summed E-state index contributed by atoms with van der Waals surface area (Å²) in [7, 11) is 0. The lowest BCUT2D eigenvalue weighted by atomic mass is 10.0. The third-order valence-electron chi connectivity index (χ3n) is 6.67. The summed E-state index contributed by atoms with van der Waals surface area (Å²) >= 11 is 10.0. The summed E-state index contributed by atoms with van der Waals surface area (Å²) in [5, 5.41) is 11.9. The summed E-state index contributed by atoms with van der Waals surface area (Å²) in [4.78, 5) is 54.3. The minimum absolute atomic E-state index is 0.231. The monoisotopic (exact) mass is 705 g/mol. The van der Waals surface area contributed by atoms with Crippen LogP contribution in [0.1, 0.15) is 48.4 Å². The van der Waals surface area contributed by atoms with E-state index in [0.29, 0.717) is 27.2 Å². The van der Waals surface area contributed by atoms with Crippen molar-refractivity contribution in [2.45, 2.75) is 45.5 Å². The number of anilines is 1. The van der Waals surface area contributed by atoms with Gasteiger partial charge in [0.15, 0.2) is 0 Å². The van der Waals surface area contributed by atoms with Gasteiger partial charge in [-0.15, -0.1) is 5.10 Å². The fraction of sp³-hybridized carbons (Fsp3) is 0.212. The van der Waals surface area contributed by atoms with E-state index in [1.165, 1.54) is 21.8 Å². The SMILES string of the molecule is CC(C)(C)NC(=O)C(c1ccccc1Cl)N(C(=O)Cn1cc(COC(=O)c2cc3ccccc3oc2=O)nn1)c1ccc(Br)cc1. The highest BCUT2D eigenvalue weighted by Gasteiger charge is 2.36. The average molecular weight is 707 g/mol. The predicted octanol–water partition coefficient (Wildman–Crippen LogP) is 5.85. The molecule has 13 heteroatoms. The van der Waals surface area contributed by atoms with Gasteiger partial charge in [0.2, 0.25) is 11.8 Å². The Hall–Kier alpha value is -4.81. The average Bonchev–Trinajstić information content (AvgIpc) is 3.45. The Morgan fingerprint density at radius 2 is 1.74 bits per heavy atom. The fourth-order valence-electron chi connectivity index (χ4n) is 4.69. The Morgan fingerprint density at radius 1 is 1.04 bits per heavy atom. The third-order valence-corrected chi connectivity index (χ3v) is 7.55. The topological polar surface area (TPSA) is 137 Å². The van der Waals surface area contributed by atoms with Crippen molar-refractivity contribution in [3.05, 3.63) is 122 Å². The molecular weight excluding hydrogens is 678 g/mol. The Labute approximate surface area is 277 Å². The normalized spacial score (nSPS) is 12.0. The molecule has 11 nitrogen and oxygen atoms in total. The number of carbonyl (C=O) groups excluding carboxylic acids is 3. The van der Waals surface area contributed by atoms with Crippen LogP contribution in [0.25, 0.3) is 11.0 Å². The lowest BCUT2D eigenvalue weighted by Crippen LogP contribution is -2.50. The lowest BCUT2D eigenvalue weighted by Gasteiger charge is -2.34. The maximum Gasteiger partial charge on any atom is 0.351 e. The molecule has 0 aliphatic rings. The Kier molecular flexibility index (Phi) is 9.68. The van der Waals surface area contributed by atoms with Crippen LogP contribution in [-0.2, 0) is 27.5 Å². The molecule has 0 radical (unpaired) electrons. The first-order valence-electron chi connectivity index (χ1n) is 14.1. The van der Waals surface area contributed by atoms with E-state index in [2.05, 4.69) is 31.6 Å². The van der Waals surface area contributed by atoms with E-state index in [-0.39, 0.29) is 24.4 Å². The van der Waals surface area contributed by atoms with Gasteiger partial charge >= 0.3 is 11.6 Å². The number of para-hydroxylation sites is 1. The molecule has 5 aromatic rings. The number of rotatable bonds is 9. The van der Waals surface area contributed by atoms with Gasteiger partial charge in [-0.3, -0.25) is 14.5 Å². The molecule has 1 atom stereocenters. The molecule has 0 saturated carbocycles. The van der Waals surface area contributed by atoms with E-state index in [1.54, 1.807) is 72.8 Å². The number of halogens is 2. The van der Waals surface area contributed by atoms with Gasteiger partial charge in [-0.2, -0.15) is 0 Å². The van der Waals surface area contributed by atoms with E-state index in [0.717, 1.165) is 4.47 Å². The lowest BCUT2D eigenvalue weighted by molar-refractivity contribution is -0.128. The first-order chi connectivity index (χ1) is 21.9. The number of amides is 2. The summed E-state index contributed by atoms with van der Waals surface area (Å²) in [6.07, 6.45) is 1.44. The van der Waals surface area contributed by atoms with Crippen molar-refractivity contribution in [3.63, 3.8) is 0 Å². The van der Waals surface area contributed by atoms with Crippen molar-refractivity contribution in [2.24, 2.45) is 0 Å². The van der Waals surface area contributed by atoms with Crippen LogP contribution in [0.2, 0.25) is 5.02 Å². The van der Waals surface area contributed by atoms with Crippen molar-refractivity contribution in [1.82, 2.24) is 20.3 Å². The van der Waals surface area contributed by atoms with Gasteiger partial charge in [0.1, 0.15) is 36.0 Å². The van der Waals surface area contributed by atoms with Crippen LogP contribution in [0.3, 0.4) is 0 Å². The molecule has 0 spiro atoms. The number of ether oxygens (including phenoxy) is 1. The van der Waals surface area contributed by atoms with Crippen LogP contribution < -0.4 is 15.8 Å². The quantitative estimate of drug-likeness (QED) is 0.149. The second kappa shape index (κ2) is 13.7. The van der Waals surface area contributed by atoms with Gasteiger partial charge in [0.25, 0.3) is 0 Å². The molecule has 0 saturated heterocycles. The smallest absolute Gasteiger partial charge is 0.351 e. The van der Waals surface area contributed by atoms with Crippen molar-refractivity contribution >= 4 is 62.0 Å². The maximum absolute atomic E-state index is 14.1. The molecule has 5 rings (SSSR count). The second-order valence-corrected chi connectivity index (χ2v) is 12.7. The summed E-state index contributed by atoms with van der Waals surface area (Å²) in [5.74, 6) is -1.81. The van der Waals surface area contributed by atoms with E-state index < -0.39 is 35.0 Å². The Morgan fingerprint density at radius 3 is 2.46 bits per heavy atom. The molecule has 0 bridgehead atoms. The number of hydrogen-bond acceptors (Lipinski definition) is 8. The highest BCUT2D eigenvalue weighted by Crippen LogP contribution is 2.33. The van der Waals surface area contributed by atoms with Gasteiger partial charge in [-0.1, -0.05) is 69.1 Å². The van der Waals surface area contributed by atoms with Crippen LogP contribution in [0.5, 0.6) is 0 Å². The number of aromatic nitrogens is 3. The summed E-state index contributed by atoms with van der Waals surface area (Å²) in [6, 6.07) is 20.9.